The molecule has 0 radical (unpaired) electrons. The van der Waals surface area contributed by atoms with E-state index >= 15 is 0 Å². The molecule has 1 N–H and O–H groups in total. The molecule has 0 fully saturated rings. The minimum absolute atomic E-state index is 0.880. The van der Waals surface area contributed by atoms with E-state index in [0.717, 1.165) is 15.7 Å². The van der Waals surface area contributed by atoms with Gasteiger partial charge in [-0.1, -0.05) is 15.9 Å². The second-order valence-electron chi connectivity index (χ2n) is 3.41. The van der Waals surface area contributed by atoms with Crippen LogP contribution in [-0.4, -0.2) is 12.1 Å². The summed E-state index contributed by atoms with van der Waals surface area (Å²) in [5.41, 5.74) is 3.54. The van der Waals surface area contributed by atoms with Crippen LogP contribution >= 0.6 is 15.9 Å². The standard InChI is InChI=1S/C11H12BrNO/c1-6-7(2)13-11-9(6)4-8(12)5-10(11)14-3/h4-5,13H,1-3H3. The normalized spacial score (nSPS) is 10.9. The quantitative estimate of drug-likeness (QED) is 0.826. The van der Waals surface area contributed by atoms with Crippen LogP contribution in [0.15, 0.2) is 16.6 Å². The Morgan fingerprint density at radius 3 is 2.64 bits per heavy atom. The third-order valence-corrected chi connectivity index (χ3v) is 3.02. The fourth-order valence-electron chi connectivity index (χ4n) is 1.65. The van der Waals surface area contributed by atoms with Gasteiger partial charge in [0.05, 0.1) is 12.6 Å². The maximum Gasteiger partial charge on any atom is 0.144 e. The average molecular weight is 254 g/mol. The number of aromatic amines is 1. The molecule has 0 aliphatic rings. The van der Waals surface area contributed by atoms with Gasteiger partial charge in [-0.25, -0.2) is 0 Å². The lowest BCUT2D eigenvalue weighted by Gasteiger charge is -2.02. The maximum atomic E-state index is 5.32. The number of fused-ring (bicyclic) bond motifs is 1. The zero-order valence-corrected chi connectivity index (χ0v) is 10.0. The van der Waals surface area contributed by atoms with E-state index < -0.39 is 0 Å². The van der Waals surface area contributed by atoms with Crippen molar-refractivity contribution in [2.75, 3.05) is 7.11 Å². The van der Waals surface area contributed by atoms with Crippen LogP contribution in [0.5, 0.6) is 5.75 Å². The van der Waals surface area contributed by atoms with E-state index in [1.807, 2.05) is 6.07 Å². The van der Waals surface area contributed by atoms with E-state index in [2.05, 4.69) is 40.8 Å². The molecule has 0 spiro atoms. The number of benzene rings is 1. The molecule has 0 unspecified atom stereocenters. The van der Waals surface area contributed by atoms with Gasteiger partial charge in [0.15, 0.2) is 0 Å². The van der Waals surface area contributed by atoms with Crippen molar-refractivity contribution in [2.24, 2.45) is 0 Å². The molecule has 0 atom stereocenters. The molecule has 1 aromatic carbocycles. The maximum absolute atomic E-state index is 5.32. The van der Waals surface area contributed by atoms with Gasteiger partial charge in [0.1, 0.15) is 5.75 Å². The molecule has 14 heavy (non-hydrogen) atoms. The highest BCUT2D eigenvalue weighted by Crippen LogP contribution is 2.32. The van der Waals surface area contributed by atoms with Gasteiger partial charge in [0, 0.05) is 15.6 Å². The fraction of sp³-hybridized carbons (Fsp3) is 0.273. The number of hydrogen-bond acceptors (Lipinski definition) is 1. The van der Waals surface area contributed by atoms with Gasteiger partial charge < -0.3 is 9.72 Å². The van der Waals surface area contributed by atoms with Crippen molar-refractivity contribution in [2.45, 2.75) is 13.8 Å². The number of H-pyrrole nitrogens is 1. The molecular formula is C11H12BrNO. The Bertz CT molecular complexity index is 487. The van der Waals surface area contributed by atoms with Crippen molar-refractivity contribution < 1.29 is 4.74 Å². The lowest BCUT2D eigenvalue weighted by molar-refractivity contribution is 0.418. The summed E-state index contributed by atoms with van der Waals surface area (Å²) >= 11 is 3.47. The van der Waals surface area contributed by atoms with Gasteiger partial charge in [-0.3, -0.25) is 0 Å². The van der Waals surface area contributed by atoms with E-state index in [1.165, 1.54) is 16.6 Å². The van der Waals surface area contributed by atoms with E-state index in [0.29, 0.717) is 0 Å². The summed E-state index contributed by atoms with van der Waals surface area (Å²) in [4.78, 5) is 3.33. The number of methoxy groups -OCH3 is 1. The van der Waals surface area contributed by atoms with Gasteiger partial charge in [-0.15, -0.1) is 0 Å². The summed E-state index contributed by atoms with van der Waals surface area (Å²) in [6, 6.07) is 4.08. The van der Waals surface area contributed by atoms with Crippen LogP contribution in [0, 0.1) is 13.8 Å². The molecule has 0 aliphatic heterocycles. The summed E-state index contributed by atoms with van der Waals surface area (Å²) in [7, 11) is 1.69. The SMILES string of the molecule is COc1cc(Br)cc2c(C)c(C)[nH]c12. The third kappa shape index (κ3) is 1.32. The first-order valence-electron chi connectivity index (χ1n) is 4.46. The van der Waals surface area contributed by atoms with Crippen LogP contribution in [0.2, 0.25) is 0 Å². The molecule has 0 amide bonds. The van der Waals surface area contributed by atoms with Crippen LogP contribution < -0.4 is 4.74 Å². The minimum Gasteiger partial charge on any atom is -0.495 e. The second kappa shape index (κ2) is 3.31. The number of rotatable bonds is 1. The predicted octanol–water partition coefficient (Wildman–Crippen LogP) is 3.56. The molecule has 3 heteroatoms. The molecule has 0 saturated carbocycles. The first-order valence-corrected chi connectivity index (χ1v) is 5.25. The molecule has 1 heterocycles. The molecule has 1 aromatic heterocycles. The second-order valence-corrected chi connectivity index (χ2v) is 4.32. The Morgan fingerprint density at radius 1 is 1.29 bits per heavy atom. The highest BCUT2D eigenvalue weighted by molar-refractivity contribution is 9.10. The summed E-state index contributed by atoms with van der Waals surface area (Å²) in [6.07, 6.45) is 0. The molecule has 2 nitrogen and oxygen atoms in total. The largest absolute Gasteiger partial charge is 0.495 e. The Kier molecular flexibility index (Phi) is 2.27. The highest BCUT2D eigenvalue weighted by atomic mass is 79.9. The van der Waals surface area contributed by atoms with Gasteiger partial charge in [-0.2, -0.15) is 0 Å². The van der Waals surface area contributed by atoms with Crippen molar-refractivity contribution in [1.82, 2.24) is 4.98 Å². The number of ether oxygens (including phenoxy) is 1. The van der Waals surface area contributed by atoms with Crippen molar-refractivity contribution in [3.8, 4) is 5.75 Å². The summed E-state index contributed by atoms with van der Waals surface area (Å²) in [5.74, 6) is 0.880. The zero-order chi connectivity index (χ0) is 10.3. The number of aryl methyl sites for hydroxylation is 2. The van der Waals surface area contributed by atoms with Crippen molar-refractivity contribution in [3.63, 3.8) is 0 Å². The Hall–Kier alpha value is -0.960. The van der Waals surface area contributed by atoms with Crippen LogP contribution in [-0.2, 0) is 0 Å². The molecular weight excluding hydrogens is 242 g/mol. The van der Waals surface area contributed by atoms with Crippen molar-refractivity contribution >= 4 is 26.8 Å². The molecule has 74 valence electrons. The minimum atomic E-state index is 0.880. The van der Waals surface area contributed by atoms with Gasteiger partial charge >= 0.3 is 0 Å². The number of aromatic nitrogens is 1. The van der Waals surface area contributed by atoms with Gasteiger partial charge in [-0.05, 0) is 31.5 Å². The van der Waals surface area contributed by atoms with Crippen LogP contribution in [0.4, 0.5) is 0 Å². The monoisotopic (exact) mass is 253 g/mol. The van der Waals surface area contributed by atoms with E-state index in [1.54, 1.807) is 7.11 Å². The number of halogens is 1. The first kappa shape index (κ1) is 9.59. The first-order chi connectivity index (χ1) is 6.63. The zero-order valence-electron chi connectivity index (χ0n) is 8.44. The van der Waals surface area contributed by atoms with E-state index in [-0.39, 0.29) is 0 Å². The molecule has 2 rings (SSSR count). The van der Waals surface area contributed by atoms with Crippen LogP contribution in [0.1, 0.15) is 11.3 Å². The number of nitrogens with one attached hydrogen (secondary N) is 1. The lowest BCUT2D eigenvalue weighted by atomic mass is 10.1. The smallest absolute Gasteiger partial charge is 0.144 e. The van der Waals surface area contributed by atoms with Gasteiger partial charge in [0.2, 0.25) is 0 Å². The molecule has 0 aliphatic carbocycles. The van der Waals surface area contributed by atoms with E-state index in [4.69, 9.17) is 4.74 Å². The van der Waals surface area contributed by atoms with E-state index in [9.17, 15) is 0 Å². The fourth-order valence-corrected chi connectivity index (χ4v) is 2.09. The molecule has 0 bridgehead atoms. The van der Waals surface area contributed by atoms with Crippen LogP contribution in [0.3, 0.4) is 0 Å². The topological polar surface area (TPSA) is 25.0 Å². The summed E-state index contributed by atoms with van der Waals surface area (Å²) < 4.78 is 6.36. The Labute approximate surface area is 91.4 Å². The highest BCUT2D eigenvalue weighted by Gasteiger charge is 2.09. The average Bonchev–Trinajstić information content (AvgIpc) is 2.43. The van der Waals surface area contributed by atoms with Crippen molar-refractivity contribution in [1.29, 1.82) is 0 Å². The van der Waals surface area contributed by atoms with Crippen molar-refractivity contribution in [3.05, 3.63) is 27.9 Å². The summed E-state index contributed by atoms with van der Waals surface area (Å²) in [6.45, 7) is 4.18. The molecule has 0 saturated heterocycles. The van der Waals surface area contributed by atoms with Gasteiger partial charge in [0.25, 0.3) is 0 Å². The number of hydrogen-bond donors (Lipinski definition) is 1. The summed E-state index contributed by atoms with van der Waals surface area (Å²) in [5, 5.41) is 1.22. The predicted molar refractivity (Wildman–Crippen MR) is 62.0 cm³/mol. The molecule has 2 aromatic rings. The van der Waals surface area contributed by atoms with Crippen LogP contribution in [0.25, 0.3) is 10.9 Å². The lowest BCUT2D eigenvalue weighted by Crippen LogP contribution is -1.84. The Balaban J connectivity index is 2.87. The Morgan fingerprint density at radius 2 is 2.00 bits per heavy atom. The third-order valence-electron chi connectivity index (χ3n) is 2.57.